The van der Waals surface area contributed by atoms with E-state index in [4.69, 9.17) is 8.83 Å². The molecule has 0 spiro atoms. The highest BCUT2D eigenvalue weighted by molar-refractivity contribution is 7.26. The van der Waals surface area contributed by atoms with Crippen LogP contribution in [-0.4, -0.2) is 0 Å². The van der Waals surface area contributed by atoms with Gasteiger partial charge < -0.3 is 13.7 Å². The Morgan fingerprint density at radius 2 is 1.00 bits per heavy atom. The van der Waals surface area contributed by atoms with Crippen molar-refractivity contribution in [2.75, 3.05) is 4.90 Å². The highest BCUT2D eigenvalue weighted by Gasteiger charge is 2.23. The molecule has 0 fully saturated rings. The lowest BCUT2D eigenvalue weighted by Crippen LogP contribution is -2.10. The van der Waals surface area contributed by atoms with Gasteiger partial charge in [-0.3, -0.25) is 0 Å². The normalized spacial score (nSPS) is 11.8. The van der Waals surface area contributed by atoms with Gasteiger partial charge in [-0.2, -0.15) is 0 Å². The summed E-state index contributed by atoms with van der Waals surface area (Å²) in [6.45, 7) is 0. The van der Waals surface area contributed by atoms with Gasteiger partial charge in [-0.05, 0) is 112 Å². The number of hydrogen-bond donors (Lipinski definition) is 0. The van der Waals surface area contributed by atoms with E-state index in [1.54, 1.807) is 0 Å². The number of rotatable bonds is 6. The molecule has 0 radical (unpaired) electrons. The summed E-state index contributed by atoms with van der Waals surface area (Å²) < 4.78 is 15.6. The smallest absolute Gasteiger partial charge is 0.137 e. The quantitative estimate of drug-likeness (QED) is 0.169. The fraction of sp³-hybridized carbons (Fsp3) is 0. The van der Waals surface area contributed by atoms with Gasteiger partial charge in [0.05, 0.1) is 11.1 Å². The lowest BCUT2D eigenvalue weighted by Gasteiger charge is -2.26. The highest BCUT2D eigenvalue weighted by atomic mass is 32.1. The molecule has 272 valence electrons. The van der Waals surface area contributed by atoms with Gasteiger partial charge in [0, 0.05) is 47.7 Å². The van der Waals surface area contributed by atoms with Crippen LogP contribution in [0.4, 0.5) is 17.1 Å². The van der Waals surface area contributed by atoms with Crippen LogP contribution >= 0.6 is 11.3 Å². The number of nitrogens with zero attached hydrogens (tertiary/aromatic N) is 1. The molecule has 0 bridgehead atoms. The van der Waals surface area contributed by atoms with Crippen LogP contribution in [-0.2, 0) is 0 Å². The molecule has 0 N–H and O–H groups in total. The Labute approximate surface area is 338 Å². The van der Waals surface area contributed by atoms with Crippen molar-refractivity contribution < 1.29 is 8.83 Å². The van der Waals surface area contributed by atoms with Crippen LogP contribution in [0.25, 0.3) is 97.4 Å². The maximum atomic E-state index is 6.82. The summed E-state index contributed by atoms with van der Waals surface area (Å²) in [5, 5.41) is 6.88. The fourth-order valence-corrected chi connectivity index (χ4v) is 9.96. The molecular weight excluding hydrogens is 727 g/mol. The van der Waals surface area contributed by atoms with Crippen LogP contribution in [0.2, 0.25) is 0 Å². The van der Waals surface area contributed by atoms with E-state index in [2.05, 4.69) is 193 Å². The molecule has 0 saturated heterocycles. The Kier molecular flexibility index (Phi) is 7.40. The maximum Gasteiger partial charge on any atom is 0.137 e. The molecule has 0 amide bonds. The molecule has 58 heavy (non-hydrogen) atoms. The number of benzene rings is 9. The van der Waals surface area contributed by atoms with Crippen LogP contribution in [0, 0.1) is 0 Å². The summed E-state index contributed by atoms with van der Waals surface area (Å²) in [4.78, 5) is 2.39. The van der Waals surface area contributed by atoms with Crippen LogP contribution in [0.5, 0.6) is 0 Å². The Hall–Kier alpha value is -7.40. The predicted molar refractivity (Wildman–Crippen MR) is 245 cm³/mol. The van der Waals surface area contributed by atoms with Gasteiger partial charge in [0.15, 0.2) is 0 Å². The molecule has 0 aliphatic heterocycles. The zero-order valence-electron chi connectivity index (χ0n) is 31.2. The van der Waals surface area contributed by atoms with Gasteiger partial charge in [0.2, 0.25) is 0 Å². The van der Waals surface area contributed by atoms with Crippen LogP contribution in [0.3, 0.4) is 0 Å². The first-order valence-corrected chi connectivity index (χ1v) is 20.4. The molecule has 9 aromatic carbocycles. The van der Waals surface area contributed by atoms with Crippen molar-refractivity contribution in [3.63, 3.8) is 0 Å². The topological polar surface area (TPSA) is 29.5 Å². The van der Waals surface area contributed by atoms with Crippen molar-refractivity contribution in [1.82, 2.24) is 0 Å². The number of furan rings is 2. The van der Waals surface area contributed by atoms with E-state index in [-0.39, 0.29) is 0 Å². The zero-order chi connectivity index (χ0) is 38.2. The summed E-state index contributed by atoms with van der Waals surface area (Å²) >= 11 is 1.85. The SMILES string of the molecule is c1ccc(-c2cc3oc4cccc(N(c5ccccc5)c5ccc6sc7cccc(-c8ccccc8)c7c6c5)c4c3cc2-c2ccc3oc4ccccc4c3c2)cc1. The van der Waals surface area contributed by atoms with Gasteiger partial charge in [-0.1, -0.05) is 121 Å². The second kappa shape index (κ2) is 13.1. The molecule has 0 aliphatic rings. The molecule has 4 heteroatoms. The molecule has 0 saturated carbocycles. The Morgan fingerprint density at radius 1 is 0.328 bits per heavy atom. The summed E-state index contributed by atoms with van der Waals surface area (Å²) in [5.74, 6) is 0. The fourth-order valence-electron chi connectivity index (χ4n) is 8.85. The number of hydrogen-bond acceptors (Lipinski definition) is 4. The lowest BCUT2D eigenvalue weighted by molar-refractivity contribution is 0.668. The number of fused-ring (bicyclic) bond motifs is 9. The summed E-state index contributed by atoms with van der Waals surface area (Å²) in [7, 11) is 0. The highest BCUT2D eigenvalue weighted by Crippen LogP contribution is 2.48. The molecule has 3 aromatic heterocycles. The van der Waals surface area contributed by atoms with Gasteiger partial charge in [0.25, 0.3) is 0 Å². The van der Waals surface area contributed by atoms with Crippen molar-refractivity contribution in [1.29, 1.82) is 0 Å². The van der Waals surface area contributed by atoms with Crippen molar-refractivity contribution >= 4 is 92.4 Å². The number of anilines is 3. The van der Waals surface area contributed by atoms with Gasteiger partial charge in [-0.25, -0.2) is 0 Å². The first-order chi connectivity index (χ1) is 28.7. The predicted octanol–water partition coefficient (Wildman–Crippen LogP) is 16.3. The average Bonchev–Trinajstić information content (AvgIpc) is 3.98. The molecule has 3 heterocycles. The van der Waals surface area contributed by atoms with E-state index in [9.17, 15) is 0 Å². The summed E-state index contributed by atoms with van der Waals surface area (Å²) in [6, 6.07) is 71.4. The third-order valence-electron chi connectivity index (χ3n) is 11.5. The van der Waals surface area contributed by atoms with Crippen LogP contribution in [0.15, 0.2) is 209 Å². The first kappa shape index (κ1) is 32.8. The zero-order valence-corrected chi connectivity index (χ0v) is 32.0. The van der Waals surface area contributed by atoms with E-state index in [1.807, 2.05) is 23.5 Å². The molecule has 12 rings (SSSR count). The average molecular weight is 760 g/mol. The summed E-state index contributed by atoms with van der Waals surface area (Å²) in [6.07, 6.45) is 0. The number of para-hydroxylation sites is 2. The third kappa shape index (κ3) is 5.19. The molecule has 0 aliphatic carbocycles. The Bertz CT molecular complexity index is 3510. The van der Waals surface area contributed by atoms with E-state index >= 15 is 0 Å². The van der Waals surface area contributed by atoms with Crippen molar-refractivity contribution in [3.05, 3.63) is 200 Å². The third-order valence-corrected chi connectivity index (χ3v) is 12.6. The minimum absolute atomic E-state index is 0.842. The van der Waals surface area contributed by atoms with Gasteiger partial charge >= 0.3 is 0 Å². The van der Waals surface area contributed by atoms with Crippen LogP contribution in [0.1, 0.15) is 0 Å². The standard InChI is InChI=1S/C54H33NO2S/c1-4-14-34(15-5-1)39-21-12-25-52-53(39)45-31-38(27-29-51(45)58-52)55(37-18-8-3-9-19-37)46-22-13-24-49-54(46)44-32-41(42(33-50(44)57-49)35-16-6-2-7-17-35)36-26-28-48-43(30-36)40-20-10-11-23-47(40)56-48/h1-33H. The van der Waals surface area contributed by atoms with Crippen molar-refractivity contribution in [2.24, 2.45) is 0 Å². The van der Waals surface area contributed by atoms with Crippen molar-refractivity contribution in [2.45, 2.75) is 0 Å². The molecular formula is C54H33NO2S. The summed E-state index contributed by atoms with van der Waals surface area (Å²) in [5.41, 5.74) is 13.7. The van der Waals surface area contributed by atoms with Gasteiger partial charge in [0.1, 0.15) is 22.3 Å². The first-order valence-electron chi connectivity index (χ1n) is 19.6. The van der Waals surface area contributed by atoms with E-state index in [1.165, 1.54) is 31.3 Å². The van der Waals surface area contributed by atoms with E-state index in [0.29, 0.717) is 0 Å². The Morgan fingerprint density at radius 3 is 1.83 bits per heavy atom. The second-order valence-electron chi connectivity index (χ2n) is 14.8. The van der Waals surface area contributed by atoms with Crippen LogP contribution < -0.4 is 4.90 Å². The van der Waals surface area contributed by atoms with Crippen molar-refractivity contribution in [3.8, 4) is 33.4 Å². The van der Waals surface area contributed by atoms with E-state index < -0.39 is 0 Å². The largest absolute Gasteiger partial charge is 0.456 e. The second-order valence-corrected chi connectivity index (χ2v) is 15.9. The molecule has 0 atom stereocenters. The minimum atomic E-state index is 0.842. The molecule has 3 nitrogen and oxygen atoms in total. The number of thiophene rings is 1. The van der Waals surface area contributed by atoms with E-state index in [0.717, 1.165) is 83.2 Å². The van der Waals surface area contributed by atoms with Gasteiger partial charge in [-0.15, -0.1) is 11.3 Å². The minimum Gasteiger partial charge on any atom is -0.456 e. The molecule has 0 unspecified atom stereocenters. The lowest BCUT2D eigenvalue weighted by atomic mass is 9.92. The maximum absolute atomic E-state index is 6.82. The Balaban J connectivity index is 1.11. The molecule has 12 aromatic rings. The monoisotopic (exact) mass is 759 g/mol.